The number of nitrogen functional groups attached to an aromatic ring is 1. The molecule has 2 aromatic carbocycles. The van der Waals surface area contributed by atoms with E-state index in [-0.39, 0.29) is 40.6 Å². The molecular weight excluding hydrogens is 400 g/mol. The average Bonchev–Trinajstić information content (AvgIpc) is 2.67. The first-order valence-corrected chi connectivity index (χ1v) is 8.65. The molecule has 10 nitrogen and oxygen atoms in total. The number of nitro benzene ring substituents is 1. The number of esters is 1. The number of carbonyl (C=O) groups is 1. The number of halogens is 1. The van der Waals surface area contributed by atoms with Gasteiger partial charge in [0, 0.05) is 17.8 Å². The minimum Gasteiger partial charge on any atom is -0.454 e. The maximum absolute atomic E-state index is 12.3. The zero-order chi connectivity index (χ0) is 21.0. The molecule has 0 aliphatic carbocycles. The van der Waals surface area contributed by atoms with Gasteiger partial charge in [0.05, 0.1) is 15.5 Å². The zero-order valence-electron chi connectivity index (χ0n) is 15.1. The number of anilines is 3. The highest BCUT2D eigenvalue weighted by molar-refractivity contribution is 6.33. The van der Waals surface area contributed by atoms with Gasteiger partial charge in [-0.15, -0.1) is 0 Å². The van der Waals surface area contributed by atoms with Crippen LogP contribution in [0.2, 0.25) is 5.02 Å². The highest BCUT2D eigenvalue weighted by Gasteiger charge is 2.18. The average molecular weight is 415 g/mol. The molecule has 0 radical (unpaired) electrons. The number of aryl methyl sites for hydroxylation is 1. The molecule has 29 heavy (non-hydrogen) atoms. The maximum atomic E-state index is 12.3. The molecule has 0 fully saturated rings. The van der Waals surface area contributed by atoms with E-state index in [1.165, 1.54) is 12.1 Å². The Labute approximate surface area is 169 Å². The van der Waals surface area contributed by atoms with Crippen molar-refractivity contribution < 1.29 is 14.5 Å². The lowest BCUT2D eigenvalue weighted by Crippen LogP contribution is -2.12. The van der Waals surface area contributed by atoms with Gasteiger partial charge in [0.25, 0.3) is 5.69 Å². The van der Waals surface area contributed by atoms with Crippen LogP contribution in [0, 0.1) is 17.0 Å². The topological polar surface area (TPSA) is 146 Å². The summed E-state index contributed by atoms with van der Waals surface area (Å²) in [7, 11) is 0. The van der Waals surface area contributed by atoms with Crippen LogP contribution in [0.25, 0.3) is 0 Å². The molecule has 3 rings (SSSR count). The van der Waals surface area contributed by atoms with E-state index in [2.05, 4.69) is 20.3 Å². The second kappa shape index (κ2) is 8.48. The molecule has 3 aromatic rings. The Morgan fingerprint density at radius 1 is 1.24 bits per heavy atom. The van der Waals surface area contributed by atoms with Crippen LogP contribution in [0.3, 0.4) is 0 Å². The molecule has 0 amide bonds. The van der Waals surface area contributed by atoms with Crippen molar-refractivity contribution in [1.29, 1.82) is 0 Å². The van der Waals surface area contributed by atoms with Crippen molar-refractivity contribution in [2.45, 2.75) is 13.5 Å². The Morgan fingerprint density at radius 2 is 2.00 bits per heavy atom. The molecule has 0 bridgehead atoms. The lowest BCUT2D eigenvalue weighted by Gasteiger charge is -2.10. The van der Waals surface area contributed by atoms with Gasteiger partial charge in [0.15, 0.2) is 12.4 Å². The summed E-state index contributed by atoms with van der Waals surface area (Å²) < 4.78 is 5.13. The number of para-hydroxylation sites is 1. The number of non-ortho nitro benzene ring substituents is 1. The molecule has 0 unspecified atom stereocenters. The highest BCUT2D eigenvalue weighted by atomic mass is 35.5. The lowest BCUT2D eigenvalue weighted by atomic mass is 10.2. The van der Waals surface area contributed by atoms with E-state index in [1.807, 2.05) is 31.2 Å². The molecule has 3 N–H and O–H groups in total. The van der Waals surface area contributed by atoms with Gasteiger partial charge in [0.2, 0.25) is 11.9 Å². The highest BCUT2D eigenvalue weighted by Crippen LogP contribution is 2.23. The third kappa shape index (κ3) is 4.93. The summed E-state index contributed by atoms with van der Waals surface area (Å²) in [6, 6.07) is 11.0. The summed E-state index contributed by atoms with van der Waals surface area (Å²) in [5, 5.41) is 13.9. The quantitative estimate of drug-likeness (QED) is 0.351. The smallest absolute Gasteiger partial charge is 0.340 e. The monoisotopic (exact) mass is 414 g/mol. The van der Waals surface area contributed by atoms with Gasteiger partial charge in [-0.1, -0.05) is 29.8 Å². The molecule has 1 aromatic heterocycles. The van der Waals surface area contributed by atoms with Gasteiger partial charge < -0.3 is 15.8 Å². The van der Waals surface area contributed by atoms with Crippen molar-refractivity contribution in [2.24, 2.45) is 0 Å². The first-order valence-electron chi connectivity index (χ1n) is 8.27. The first kappa shape index (κ1) is 20.0. The van der Waals surface area contributed by atoms with Crippen molar-refractivity contribution in [3.05, 3.63) is 74.6 Å². The number of rotatable bonds is 6. The molecule has 11 heteroatoms. The van der Waals surface area contributed by atoms with E-state index in [0.29, 0.717) is 0 Å². The van der Waals surface area contributed by atoms with Crippen LogP contribution in [0.15, 0.2) is 42.5 Å². The first-order chi connectivity index (χ1) is 13.8. The molecule has 1 heterocycles. The van der Waals surface area contributed by atoms with Crippen molar-refractivity contribution >= 4 is 40.8 Å². The van der Waals surface area contributed by atoms with Crippen molar-refractivity contribution in [3.63, 3.8) is 0 Å². The van der Waals surface area contributed by atoms with Crippen LogP contribution < -0.4 is 11.1 Å². The maximum Gasteiger partial charge on any atom is 0.340 e. The molecular formula is C18H15ClN6O4. The minimum absolute atomic E-state index is 0.0256. The predicted octanol–water partition coefficient (Wildman–Crippen LogP) is 3.42. The van der Waals surface area contributed by atoms with Crippen LogP contribution in [-0.4, -0.2) is 25.8 Å². The van der Waals surface area contributed by atoms with Crippen molar-refractivity contribution in [1.82, 2.24) is 15.0 Å². The summed E-state index contributed by atoms with van der Waals surface area (Å²) >= 11 is 5.94. The third-order valence-electron chi connectivity index (χ3n) is 3.80. The van der Waals surface area contributed by atoms with Crippen LogP contribution in [0.4, 0.5) is 23.3 Å². The van der Waals surface area contributed by atoms with Crippen LogP contribution in [0.5, 0.6) is 0 Å². The SMILES string of the molecule is Cc1ccccc1Nc1nc(N)nc(COC(=O)c2cc([N+](=O)[O-])ccc2Cl)n1. The number of nitrogens with one attached hydrogen (secondary N) is 1. The van der Waals surface area contributed by atoms with Gasteiger partial charge in [-0.25, -0.2) is 4.79 Å². The Balaban J connectivity index is 1.75. The van der Waals surface area contributed by atoms with Gasteiger partial charge in [-0.2, -0.15) is 15.0 Å². The van der Waals surface area contributed by atoms with E-state index >= 15 is 0 Å². The second-order valence-corrected chi connectivity index (χ2v) is 6.28. The second-order valence-electron chi connectivity index (χ2n) is 5.87. The van der Waals surface area contributed by atoms with Crippen molar-refractivity contribution in [3.8, 4) is 0 Å². The molecule has 0 spiro atoms. The van der Waals surface area contributed by atoms with E-state index in [1.54, 1.807) is 0 Å². The van der Waals surface area contributed by atoms with E-state index in [4.69, 9.17) is 22.1 Å². The summed E-state index contributed by atoms with van der Waals surface area (Å²) in [4.78, 5) is 34.6. The number of hydrogen-bond donors (Lipinski definition) is 2. The Kier molecular flexibility index (Phi) is 5.84. The number of nitrogens with two attached hydrogens (primary N) is 1. The third-order valence-corrected chi connectivity index (χ3v) is 4.13. The number of carbonyl (C=O) groups excluding carboxylic acids is 1. The fraction of sp³-hybridized carbons (Fsp3) is 0.111. The standard InChI is InChI=1S/C18H15ClN6O4/c1-10-4-2-3-5-14(10)21-18-23-15(22-17(20)24-18)9-29-16(26)12-8-11(25(27)28)6-7-13(12)19/h2-8H,9H2,1H3,(H3,20,21,22,23,24). The predicted molar refractivity (Wildman–Crippen MR) is 106 cm³/mol. The van der Waals surface area contributed by atoms with Crippen LogP contribution in [0.1, 0.15) is 21.7 Å². The fourth-order valence-corrected chi connectivity index (χ4v) is 2.58. The number of nitrogens with zero attached hydrogens (tertiary/aromatic N) is 4. The Morgan fingerprint density at radius 3 is 2.72 bits per heavy atom. The molecule has 0 saturated carbocycles. The van der Waals surface area contributed by atoms with Gasteiger partial charge in [-0.05, 0) is 24.6 Å². The summed E-state index contributed by atoms with van der Waals surface area (Å²) in [6.07, 6.45) is 0. The molecule has 0 aliphatic heterocycles. The summed E-state index contributed by atoms with van der Waals surface area (Å²) in [5.74, 6) is -0.628. The molecule has 0 saturated heterocycles. The number of nitro groups is 1. The normalized spacial score (nSPS) is 10.4. The van der Waals surface area contributed by atoms with Crippen molar-refractivity contribution in [2.75, 3.05) is 11.1 Å². The minimum atomic E-state index is -0.855. The van der Waals surface area contributed by atoms with Crippen LogP contribution in [-0.2, 0) is 11.3 Å². The number of ether oxygens (including phenoxy) is 1. The largest absolute Gasteiger partial charge is 0.454 e. The summed E-state index contributed by atoms with van der Waals surface area (Å²) in [5.41, 5.74) is 7.04. The van der Waals surface area contributed by atoms with Gasteiger partial charge in [0.1, 0.15) is 0 Å². The number of hydrogen-bond acceptors (Lipinski definition) is 9. The van der Waals surface area contributed by atoms with E-state index in [0.717, 1.165) is 17.3 Å². The van der Waals surface area contributed by atoms with E-state index in [9.17, 15) is 14.9 Å². The number of aromatic nitrogens is 3. The van der Waals surface area contributed by atoms with Crippen LogP contribution >= 0.6 is 11.6 Å². The molecule has 148 valence electrons. The lowest BCUT2D eigenvalue weighted by molar-refractivity contribution is -0.384. The zero-order valence-corrected chi connectivity index (χ0v) is 15.9. The Bertz CT molecular complexity index is 1090. The molecule has 0 atom stereocenters. The van der Waals surface area contributed by atoms with E-state index < -0.39 is 10.9 Å². The molecule has 0 aliphatic rings. The van der Waals surface area contributed by atoms with Gasteiger partial charge in [-0.3, -0.25) is 10.1 Å². The summed E-state index contributed by atoms with van der Waals surface area (Å²) in [6.45, 7) is 1.59. The van der Waals surface area contributed by atoms with Gasteiger partial charge >= 0.3 is 5.97 Å². The number of benzene rings is 2. The fourth-order valence-electron chi connectivity index (χ4n) is 2.38. The Hall–Kier alpha value is -3.79.